The molecule has 5 nitrogen and oxygen atoms in total. The number of ether oxygens (including phenoxy) is 1. The lowest BCUT2D eigenvalue weighted by Gasteiger charge is -2.32. The molecule has 1 aliphatic rings. The van der Waals surface area contributed by atoms with E-state index in [0.717, 1.165) is 41.6 Å². The smallest absolute Gasteiger partial charge is 0.316 e. The Kier molecular flexibility index (Phi) is 4.96. The predicted molar refractivity (Wildman–Crippen MR) is 99.9 cm³/mol. The fourth-order valence-electron chi connectivity index (χ4n) is 3.49. The van der Waals surface area contributed by atoms with Crippen molar-refractivity contribution >= 4 is 16.7 Å². The minimum Gasteiger partial charge on any atom is -0.458 e. The Labute approximate surface area is 156 Å². The number of rotatable bonds is 4. The summed E-state index contributed by atoms with van der Waals surface area (Å²) in [6.07, 6.45) is 4.01. The van der Waals surface area contributed by atoms with Gasteiger partial charge in [0.1, 0.15) is 6.10 Å². The number of carbonyl (C=O) groups is 1. The molecule has 1 amide bonds. The van der Waals surface area contributed by atoms with Gasteiger partial charge in [0.15, 0.2) is 5.82 Å². The van der Waals surface area contributed by atoms with Gasteiger partial charge in [0.05, 0.1) is 25.4 Å². The van der Waals surface area contributed by atoms with Crippen LogP contribution in [0.4, 0.5) is 4.39 Å². The monoisotopic (exact) mass is 365 g/mol. The Balaban J connectivity index is 1.43. The van der Waals surface area contributed by atoms with Crippen molar-refractivity contribution in [3.05, 3.63) is 66.2 Å². The van der Waals surface area contributed by atoms with Gasteiger partial charge < -0.3 is 9.64 Å². The fraction of sp³-hybridized carbons (Fsp3) is 0.286. The first kappa shape index (κ1) is 17.4. The van der Waals surface area contributed by atoms with Gasteiger partial charge in [-0.2, -0.15) is 0 Å². The van der Waals surface area contributed by atoms with Crippen LogP contribution >= 0.6 is 0 Å². The van der Waals surface area contributed by atoms with Gasteiger partial charge in [-0.15, -0.1) is 0 Å². The van der Waals surface area contributed by atoms with Gasteiger partial charge in [0.25, 0.3) is 0 Å². The molecule has 138 valence electrons. The average molecular weight is 365 g/mol. The molecule has 1 atom stereocenters. The molecular formula is C21H20FN3O2. The molecule has 0 N–H and O–H groups in total. The van der Waals surface area contributed by atoms with E-state index >= 15 is 0 Å². The first-order valence-corrected chi connectivity index (χ1v) is 9.07. The molecule has 0 spiro atoms. The molecule has 27 heavy (non-hydrogen) atoms. The van der Waals surface area contributed by atoms with Gasteiger partial charge in [0, 0.05) is 6.54 Å². The Morgan fingerprint density at radius 2 is 1.93 bits per heavy atom. The zero-order valence-electron chi connectivity index (χ0n) is 14.8. The van der Waals surface area contributed by atoms with Gasteiger partial charge in [-0.05, 0) is 29.2 Å². The second-order valence-electron chi connectivity index (χ2n) is 6.72. The number of halogens is 1. The van der Waals surface area contributed by atoms with Gasteiger partial charge in [-0.25, -0.2) is 14.4 Å². The minimum atomic E-state index is -0.502. The quantitative estimate of drug-likeness (QED) is 0.711. The van der Waals surface area contributed by atoms with E-state index in [2.05, 4.69) is 22.1 Å². The third-order valence-corrected chi connectivity index (χ3v) is 4.82. The lowest BCUT2D eigenvalue weighted by Crippen LogP contribution is -2.45. The highest BCUT2D eigenvalue weighted by Crippen LogP contribution is 2.21. The zero-order chi connectivity index (χ0) is 18.6. The minimum absolute atomic E-state index is 0.0830. The number of carbonyl (C=O) groups excluding carboxylic acids is 1. The number of benzene rings is 2. The number of aromatic nitrogens is 2. The maximum Gasteiger partial charge on any atom is 0.316 e. The Hall–Kier alpha value is -3.02. The van der Waals surface area contributed by atoms with Crippen molar-refractivity contribution < 1.29 is 13.9 Å². The SMILES string of the molecule is O=C(Cc1cccc2ccccc12)N1CCCC(Oc2ncc(F)cn2)C1. The number of nitrogens with zero attached hydrogens (tertiary/aromatic N) is 3. The van der Waals surface area contributed by atoms with E-state index in [1.165, 1.54) is 0 Å². The molecule has 6 heteroatoms. The van der Waals surface area contributed by atoms with Crippen LogP contribution in [-0.4, -0.2) is 40.0 Å². The van der Waals surface area contributed by atoms with Crippen LogP contribution in [-0.2, 0) is 11.2 Å². The van der Waals surface area contributed by atoms with E-state index < -0.39 is 5.82 Å². The summed E-state index contributed by atoms with van der Waals surface area (Å²) in [4.78, 5) is 22.3. The van der Waals surface area contributed by atoms with Crippen LogP contribution in [0.1, 0.15) is 18.4 Å². The van der Waals surface area contributed by atoms with Gasteiger partial charge >= 0.3 is 6.01 Å². The molecule has 2 heterocycles. The van der Waals surface area contributed by atoms with Crippen molar-refractivity contribution in [2.45, 2.75) is 25.4 Å². The summed E-state index contributed by atoms with van der Waals surface area (Å²) in [6, 6.07) is 14.3. The van der Waals surface area contributed by atoms with Crippen molar-refractivity contribution in [1.29, 1.82) is 0 Å². The van der Waals surface area contributed by atoms with Gasteiger partial charge in [0.2, 0.25) is 5.91 Å². The summed E-state index contributed by atoms with van der Waals surface area (Å²) in [6.45, 7) is 1.21. The van der Waals surface area contributed by atoms with E-state index in [0.29, 0.717) is 19.5 Å². The molecule has 1 aromatic heterocycles. The van der Waals surface area contributed by atoms with Crippen molar-refractivity contribution in [3.8, 4) is 6.01 Å². The van der Waals surface area contributed by atoms with E-state index in [9.17, 15) is 9.18 Å². The third-order valence-electron chi connectivity index (χ3n) is 4.82. The largest absolute Gasteiger partial charge is 0.458 e. The topological polar surface area (TPSA) is 55.3 Å². The highest BCUT2D eigenvalue weighted by Gasteiger charge is 2.25. The van der Waals surface area contributed by atoms with Crippen LogP contribution in [0.3, 0.4) is 0 Å². The van der Waals surface area contributed by atoms with Crippen LogP contribution in [0.25, 0.3) is 10.8 Å². The average Bonchev–Trinajstić information content (AvgIpc) is 2.70. The van der Waals surface area contributed by atoms with Crippen molar-refractivity contribution in [2.75, 3.05) is 13.1 Å². The summed E-state index contributed by atoms with van der Waals surface area (Å²) >= 11 is 0. The Morgan fingerprint density at radius 1 is 1.15 bits per heavy atom. The summed E-state index contributed by atoms with van der Waals surface area (Å²) in [7, 11) is 0. The van der Waals surface area contributed by atoms with Crippen molar-refractivity contribution in [3.63, 3.8) is 0 Å². The first-order valence-electron chi connectivity index (χ1n) is 9.07. The van der Waals surface area contributed by atoms with Crippen molar-refractivity contribution in [1.82, 2.24) is 14.9 Å². The standard InChI is InChI=1S/C21H20FN3O2/c22-17-12-23-21(24-13-17)27-18-8-4-10-25(14-18)20(26)11-16-7-3-6-15-5-1-2-9-19(15)16/h1-3,5-7,9,12-13,18H,4,8,10-11,14H2. The molecule has 1 aliphatic heterocycles. The molecule has 3 aromatic rings. The maximum absolute atomic E-state index is 12.9. The van der Waals surface area contributed by atoms with E-state index in [1.807, 2.05) is 35.2 Å². The second kappa shape index (κ2) is 7.70. The number of fused-ring (bicyclic) bond motifs is 1. The molecule has 0 aliphatic carbocycles. The molecule has 0 radical (unpaired) electrons. The molecule has 1 saturated heterocycles. The molecule has 1 fully saturated rings. The highest BCUT2D eigenvalue weighted by molar-refractivity contribution is 5.90. The van der Waals surface area contributed by atoms with E-state index in [-0.39, 0.29) is 18.0 Å². The van der Waals surface area contributed by atoms with Crippen LogP contribution in [0.2, 0.25) is 0 Å². The lowest BCUT2D eigenvalue weighted by molar-refractivity contribution is -0.133. The summed E-state index contributed by atoms with van der Waals surface area (Å²) in [5.41, 5.74) is 1.03. The van der Waals surface area contributed by atoms with Gasteiger partial charge in [-0.1, -0.05) is 42.5 Å². The predicted octanol–water partition coefficient (Wildman–Crippen LogP) is 3.38. The van der Waals surface area contributed by atoms with Crippen LogP contribution in [0.15, 0.2) is 54.9 Å². The third kappa shape index (κ3) is 4.05. The fourth-order valence-corrected chi connectivity index (χ4v) is 3.49. The number of amides is 1. The number of hydrogen-bond donors (Lipinski definition) is 0. The van der Waals surface area contributed by atoms with Gasteiger partial charge in [-0.3, -0.25) is 4.79 Å². The molecular weight excluding hydrogens is 345 g/mol. The van der Waals surface area contributed by atoms with Crippen LogP contribution in [0, 0.1) is 5.82 Å². The molecule has 1 unspecified atom stereocenters. The molecule has 0 bridgehead atoms. The summed E-state index contributed by atoms with van der Waals surface area (Å²) in [5, 5.41) is 2.24. The normalized spacial score (nSPS) is 17.1. The molecule has 4 rings (SSSR count). The second-order valence-corrected chi connectivity index (χ2v) is 6.72. The summed E-state index contributed by atoms with van der Waals surface area (Å²) < 4.78 is 18.6. The zero-order valence-corrected chi connectivity index (χ0v) is 14.8. The van der Waals surface area contributed by atoms with E-state index in [1.54, 1.807) is 0 Å². The Bertz CT molecular complexity index is 940. The molecule has 0 saturated carbocycles. The number of likely N-dealkylation sites (tertiary alicyclic amines) is 1. The van der Waals surface area contributed by atoms with Crippen LogP contribution in [0.5, 0.6) is 6.01 Å². The number of piperidine rings is 1. The number of hydrogen-bond acceptors (Lipinski definition) is 4. The first-order chi connectivity index (χ1) is 13.2. The summed E-state index contributed by atoms with van der Waals surface area (Å²) in [5.74, 6) is -0.419. The van der Waals surface area contributed by atoms with Crippen LogP contribution < -0.4 is 4.74 Å². The van der Waals surface area contributed by atoms with Crippen molar-refractivity contribution in [2.24, 2.45) is 0 Å². The van der Waals surface area contributed by atoms with E-state index in [4.69, 9.17) is 4.74 Å². The Morgan fingerprint density at radius 3 is 2.78 bits per heavy atom. The lowest BCUT2D eigenvalue weighted by atomic mass is 10.0. The highest BCUT2D eigenvalue weighted by atomic mass is 19.1. The maximum atomic E-state index is 12.9. The molecule has 2 aromatic carbocycles.